The van der Waals surface area contributed by atoms with Crippen LogP contribution in [0.25, 0.3) is 0 Å². The molecular weight excluding hydrogens is 291 g/mol. The first kappa shape index (κ1) is 16.6. The van der Waals surface area contributed by atoms with Crippen LogP contribution in [0.2, 0.25) is 0 Å². The van der Waals surface area contributed by atoms with Crippen LogP contribution in [0.5, 0.6) is 5.75 Å². The maximum atomic E-state index is 12.9. The van der Waals surface area contributed by atoms with E-state index in [-0.39, 0.29) is 17.9 Å². The highest BCUT2D eigenvalue weighted by Crippen LogP contribution is 2.36. The van der Waals surface area contributed by atoms with Crippen LogP contribution >= 0.6 is 11.6 Å². The number of halogens is 4. The monoisotopic (exact) mass is 305 g/mol. The van der Waals surface area contributed by atoms with Crippen molar-refractivity contribution in [1.29, 1.82) is 5.26 Å². The molecule has 1 atom stereocenters. The van der Waals surface area contributed by atoms with Crippen molar-refractivity contribution in [3.05, 3.63) is 29.3 Å². The van der Waals surface area contributed by atoms with E-state index in [4.69, 9.17) is 21.6 Å². The normalized spacial score (nSPS) is 12.8. The van der Waals surface area contributed by atoms with Crippen molar-refractivity contribution in [2.75, 3.05) is 12.5 Å². The lowest BCUT2D eigenvalue weighted by Gasteiger charge is -2.15. The Morgan fingerprint density at radius 1 is 1.35 bits per heavy atom. The summed E-state index contributed by atoms with van der Waals surface area (Å²) in [6, 6.07) is 4.99. The number of nitriles is 1. The highest BCUT2D eigenvalue weighted by atomic mass is 35.5. The number of benzene rings is 1. The molecule has 0 fully saturated rings. The summed E-state index contributed by atoms with van der Waals surface area (Å²) in [6.45, 7) is 2.15. The van der Waals surface area contributed by atoms with Crippen LogP contribution in [-0.4, -0.2) is 12.5 Å². The Hall–Kier alpha value is -1.41. The maximum Gasteiger partial charge on any atom is 0.420 e. The fourth-order valence-electron chi connectivity index (χ4n) is 1.65. The van der Waals surface area contributed by atoms with Crippen LogP contribution in [0.1, 0.15) is 30.9 Å². The Labute approximate surface area is 121 Å². The van der Waals surface area contributed by atoms with Gasteiger partial charge in [-0.25, -0.2) is 0 Å². The second-order valence-electron chi connectivity index (χ2n) is 4.54. The van der Waals surface area contributed by atoms with Gasteiger partial charge in [0.2, 0.25) is 0 Å². The summed E-state index contributed by atoms with van der Waals surface area (Å²) in [4.78, 5) is 0. The number of hydrogen-bond acceptors (Lipinski definition) is 2. The highest BCUT2D eigenvalue weighted by Gasteiger charge is 2.34. The summed E-state index contributed by atoms with van der Waals surface area (Å²) >= 11 is 5.59. The van der Waals surface area contributed by atoms with Gasteiger partial charge < -0.3 is 4.74 Å². The summed E-state index contributed by atoms with van der Waals surface area (Å²) in [5, 5.41) is 8.66. The maximum absolute atomic E-state index is 12.9. The van der Waals surface area contributed by atoms with E-state index >= 15 is 0 Å². The molecule has 0 aromatic heterocycles. The van der Waals surface area contributed by atoms with Crippen molar-refractivity contribution in [2.45, 2.75) is 25.9 Å². The molecule has 0 heterocycles. The lowest BCUT2D eigenvalue weighted by atomic mass is 10.1. The molecule has 0 aliphatic rings. The Balaban J connectivity index is 2.77. The van der Waals surface area contributed by atoms with E-state index in [1.165, 1.54) is 12.1 Å². The molecule has 1 aromatic carbocycles. The van der Waals surface area contributed by atoms with Gasteiger partial charge in [0.25, 0.3) is 0 Å². The van der Waals surface area contributed by atoms with E-state index in [1.807, 2.05) is 6.92 Å². The van der Waals surface area contributed by atoms with Crippen LogP contribution in [0.15, 0.2) is 18.2 Å². The van der Waals surface area contributed by atoms with Gasteiger partial charge in [-0.3, -0.25) is 0 Å². The predicted molar refractivity (Wildman–Crippen MR) is 70.8 cm³/mol. The second-order valence-corrected chi connectivity index (χ2v) is 4.92. The van der Waals surface area contributed by atoms with Crippen LogP contribution in [-0.2, 0) is 6.18 Å². The van der Waals surface area contributed by atoms with E-state index in [0.717, 1.165) is 12.5 Å². The molecule has 0 radical (unpaired) electrons. The van der Waals surface area contributed by atoms with Crippen LogP contribution in [0.4, 0.5) is 13.2 Å². The minimum atomic E-state index is -4.54. The molecule has 1 unspecified atom stereocenters. The van der Waals surface area contributed by atoms with Crippen molar-refractivity contribution in [3.8, 4) is 11.8 Å². The van der Waals surface area contributed by atoms with Gasteiger partial charge in [0, 0.05) is 5.88 Å². The lowest BCUT2D eigenvalue weighted by Crippen LogP contribution is -2.11. The van der Waals surface area contributed by atoms with Gasteiger partial charge in [0.05, 0.1) is 23.8 Å². The molecule has 0 saturated heterocycles. The number of rotatable bonds is 6. The molecule has 0 spiro atoms. The number of hydrogen-bond donors (Lipinski definition) is 0. The molecule has 0 aliphatic heterocycles. The lowest BCUT2D eigenvalue weighted by molar-refractivity contribution is -0.139. The van der Waals surface area contributed by atoms with E-state index in [1.54, 1.807) is 6.07 Å². The first-order valence-corrected chi connectivity index (χ1v) is 6.72. The summed E-state index contributed by atoms with van der Waals surface area (Å²) in [6.07, 6.45) is -3.11. The van der Waals surface area contributed by atoms with Crippen molar-refractivity contribution in [3.63, 3.8) is 0 Å². The van der Waals surface area contributed by atoms with Gasteiger partial charge in [0.15, 0.2) is 0 Å². The average Bonchev–Trinajstić information content (AvgIpc) is 2.38. The average molecular weight is 306 g/mol. The Bertz CT molecular complexity index is 482. The van der Waals surface area contributed by atoms with E-state index < -0.39 is 11.7 Å². The van der Waals surface area contributed by atoms with Gasteiger partial charge in [0.1, 0.15) is 5.75 Å². The molecule has 20 heavy (non-hydrogen) atoms. The molecular formula is C14H15ClF3NO. The number of alkyl halides is 4. The zero-order valence-corrected chi connectivity index (χ0v) is 11.8. The predicted octanol–water partition coefficient (Wildman–Crippen LogP) is 4.61. The highest BCUT2D eigenvalue weighted by molar-refractivity contribution is 6.17. The van der Waals surface area contributed by atoms with E-state index in [9.17, 15) is 13.2 Å². The molecule has 0 aliphatic carbocycles. The fourth-order valence-corrected chi connectivity index (χ4v) is 2.02. The van der Waals surface area contributed by atoms with Crippen LogP contribution in [0.3, 0.4) is 0 Å². The summed E-state index contributed by atoms with van der Waals surface area (Å²) in [7, 11) is 0. The van der Waals surface area contributed by atoms with Crippen molar-refractivity contribution in [2.24, 2.45) is 5.92 Å². The van der Waals surface area contributed by atoms with E-state index in [0.29, 0.717) is 18.2 Å². The Morgan fingerprint density at radius 2 is 2.05 bits per heavy atom. The molecule has 1 rings (SSSR count). The third-order valence-electron chi connectivity index (χ3n) is 2.88. The zero-order chi connectivity index (χ0) is 15.2. The third kappa shape index (κ3) is 4.93. The minimum absolute atomic E-state index is 0.0415. The van der Waals surface area contributed by atoms with Gasteiger partial charge in [-0.2, -0.15) is 18.4 Å². The van der Waals surface area contributed by atoms with Crippen molar-refractivity contribution in [1.82, 2.24) is 0 Å². The third-order valence-corrected chi connectivity index (χ3v) is 3.10. The Kier molecular flexibility index (Phi) is 6.15. The van der Waals surface area contributed by atoms with Gasteiger partial charge in [-0.05, 0) is 37.0 Å². The van der Waals surface area contributed by atoms with Gasteiger partial charge in [-0.15, -0.1) is 11.6 Å². The zero-order valence-electron chi connectivity index (χ0n) is 11.0. The molecule has 0 N–H and O–H groups in total. The quantitative estimate of drug-likeness (QED) is 0.719. The van der Waals surface area contributed by atoms with Crippen LogP contribution < -0.4 is 4.74 Å². The molecule has 1 aromatic rings. The SMILES string of the molecule is CC(CCCl)CCOc1ccc(C#N)cc1C(F)(F)F. The largest absolute Gasteiger partial charge is 0.493 e. The molecule has 2 nitrogen and oxygen atoms in total. The molecule has 110 valence electrons. The minimum Gasteiger partial charge on any atom is -0.493 e. The summed E-state index contributed by atoms with van der Waals surface area (Å²) in [5.41, 5.74) is -0.957. The van der Waals surface area contributed by atoms with Crippen molar-refractivity contribution >= 4 is 11.6 Å². The topological polar surface area (TPSA) is 33.0 Å². The fraction of sp³-hybridized carbons (Fsp3) is 0.500. The van der Waals surface area contributed by atoms with Gasteiger partial charge >= 0.3 is 6.18 Å². The first-order valence-electron chi connectivity index (χ1n) is 6.18. The smallest absolute Gasteiger partial charge is 0.420 e. The molecule has 6 heteroatoms. The molecule has 0 saturated carbocycles. The summed E-state index contributed by atoms with van der Waals surface area (Å²) < 4.78 is 43.8. The van der Waals surface area contributed by atoms with Crippen LogP contribution in [0, 0.1) is 17.2 Å². The molecule has 0 amide bonds. The summed E-state index contributed by atoms with van der Waals surface area (Å²) in [5.74, 6) is 0.570. The van der Waals surface area contributed by atoms with E-state index in [2.05, 4.69) is 0 Å². The van der Waals surface area contributed by atoms with Gasteiger partial charge in [-0.1, -0.05) is 6.92 Å². The first-order chi connectivity index (χ1) is 9.38. The number of ether oxygens (including phenoxy) is 1. The standard InChI is InChI=1S/C14H15ClF3NO/c1-10(4-6-15)5-7-20-13-3-2-11(9-19)8-12(13)14(16,17)18/h2-3,8,10H,4-7H2,1H3. The van der Waals surface area contributed by atoms with Crippen molar-refractivity contribution < 1.29 is 17.9 Å². The number of nitrogens with zero attached hydrogens (tertiary/aromatic N) is 1. The second kappa shape index (κ2) is 7.39. The Morgan fingerprint density at radius 3 is 2.60 bits per heavy atom. The molecule has 0 bridgehead atoms.